The lowest BCUT2D eigenvalue weighted by Crippen LogP contribution is -2.38. The predicted molar refractivity (Wildman–Crippen MR) is 57.4 cm³/mol. The minimum Gasteiger partial charge on any atom is -0.507 e. The van der Waals surface area contributed by atoms with E-state index in [1.807, 2.05) is 0 Å². The molecule has 1 aromatic carbocycles. The van der Waals surface area contributed by atoms with Crippen LogP contribution in [0.5, 0.6) is 5.75 Å². The maximum atomic E-state index is 11.6. The average molecular weight is 223 g/mol. The molecular weight excluding hydrogens is 210 g/mol. The Morgan fingerprint density at radius 1 is 1.38 bits per heavy atom. The number of aliphatic carboxylic acids is 1. The summed E-state index contributed by atoms with van der Waals surface area (Å²) in [4.78, 5) is 22.1. The van der Waals surface area contributed by atoms with Gasteiger partial charge in [-0.15, -0.1) is 0 Å². The normalized spacial score (nSPS) is 11.9. The number of phenolic OH excluding ortho intramolecular Hbond substituents is 1. The lowest BCUT2D eigenvalue weighted by Gasteiger charge is -2.11. The summed E-state index contributed by atoms with van der Waals surface area (Å²) in [6.07, 6.45) is 0. The zero-order chi connectivity index (χ0) is 12.3. The Balaban J connectivity index is 2.89. The molecule has 0 radical (unpaired) electrons. The van der Waals surface area contributed by atoms with Crippen molar-refractivity contribution in [3.05, 3.63) is 29.3 Å². The van der Waals surface area contributed by atoms with Gasteiger partial charge in [-0.25, -0.2) is 0 Å². The second-order valence-electron chi connectivity index (χ2n) is 3.50. The number of hydrogen-bond acceptors (Lipinski definition) is 3. The third-order valence-corrected chi connectivity index (χ3v) is 2.20. The molecule has 0 saturated carbocycles. The fourth-order valence-corrected chi connectivity index (χ4v) is 1.18. The Kier molecular flexibility index (Phi) is 3.50. The third-order valence-electron chi connectivity index (χ3n) is 2.20. The number of hydrogen-bond donors (Lipinski definition) is 3. The Hall–Kier alpha value is -2.04. The first kappa shape index (κ1) is 12.0. The van der Waals surface area contributed by atoms with Gasteiger partial charge in [-0.3, -0.25) is 9.59 Å². The van der Waals surface area contributed by atoms with E-state index in [1.165, 1.54) is 13.0 Å². The van der Waals surface area contributed by atoms with E-state index in [2.05, 4.69) is 5.32 Å². The van der Waals surface area contributed by atoms with Crippen molar-refractivity contribution in [2.24, 2.45) is 0 Å². The molecule has 0 saturated heterocycles. The number of aromatic hydroxyl groups is 1. The van der Waals surface area contributed by atoms with Gasteiger partial charge < -0.3 is 15.5 Å². The molecule has 0 bridgehead atoms. The number of para-hydroxylation sites is 1. The maximum Gasteiger partial charge on any atom is 0.325 e. The molecule has 0 aliphatic heterocycles. The van der Waals surface area contributed by atoms with E-state index < -0.39 is 17.9 Å². The minimum atomic E-state index is -1.12. The molecule has 16 heavy (non-hydrogen) atoms. The van der Waals surface area contributed by atoms with Crippen LogP contribution in [-0.2, 0) is 4.79 Å². The first-order chi connectivity index (χ1) is 7.43. The molecule has 1 rings (SSSR count). The lowest BCUT2D eigenvalue weighted by molar-refractivity contribution is -0.138. The number of phenols is 1. The fraction of sp³-hybridized carbons (Fsp3) is 0.273. The number of carboxylic acids is 1. The van der Waals surface area contributed by atoms with E-state index >= 15 is 0 Å². The van der Waals surface area contributed by atoms with E-state index in [0.717, 1.165) is 0 Å². The summed E-state index contributed by atoms with van der Waals surface area (Å²) in [6, 6.07) is 3.72. The summed E-state index contributed by atoms with van der Waals surface area (Å²) < 4.78 is 0. The highest BCUT2D eigenvalue weighted by Crippen LogP contribution is 2.21. The van der Waals surface area contributed by atoms with Crippen molar-refractivity contribution in [2.45, 2.75) is 19.9 Å². The Labute approximate surface area is 92.7 Å². The van der Waals surface area contributed by atoms with Gasteiger partial charge in [-0.05, 0) is 25.5 Å². The van der Waals surface area contributed by atoms with Crippen LogP contribution >= 0.6 is 0 Å². The standard InChI is InChI=1S/C11H13NO4/c1-6-4-3-5-8(9(6)13)10(14)12-7(2)11(15)16/h3-5,7,13H,1-2H3,(H,12,14)(H,15,16)/t7-/m1/s1. The smallest absolute Gasteiger partial charge is 0.325 e. The summed E-state index contributed by atoms with van der Waals surface area (Å²) >= 11 is 0. The molecule has 0 aliphatic rings. The van der Waals surface area contributed by atoms with Crippen molar-refractivity contribution in [1.29, 1.82) is 0 Å². The van der Waals surface area contributed by atoms with E-state index in [0.29, 0.717) is 5.56 Å². The van der Waals surface area contributed by atoms with Crippen molar-refractivity contribution in [1.82, 2.24) is 5.32 Å². The summed E-state index contributed by atoms with van der Waals surface area (Å²) in [6.45, 7) is 3.01. The van der Waals surface area contributed by atoms with Gasteiger partial charge in [0.1, 0.15) is 11.8 Å². The Morgan fingerprint density at radius 2 is 2.00 bits per heavy atom. The zero-order valence-electron chi connectivity index (χ0n) is 9.02. The highest BCUT2D eigenvalue weighted by Gasteiger charge is 2.18. The number of carbonyl (C=O) groups is 2. The molecule has 0 fully saturated rings. The van der Waals surface area contributed by atoms with Crippen molar-refractivity contribution in [2.75, 3.05) is 0 Å². The molecule has 0 aliphatic carbocycles. The van der Waals surface area contributed by atoms with Gasteiger partial charge in [-0.2, -0.15) is 0 Å². The Bertz CT molecular complexity index is 428. The summed E-state index contributed by atoms with van der Waals surface area (Å²) in [7, 11) is 0. The van der Waals surface area contributed by atoms with Crippen LogP contribution < -0.4 is 5.32 Å². The highest BCUT2D eigenvalue weighted by atomic mass is 16.4. The molecule has 0 aromatic heterocycles. The molecular formula is C11H13NO4. The van der Waals surface area contributed by atoms with Crippen LogP contribution in [0.1, 0.15) is 22.8 Å². The predicted octanol–water partition coefficient (Wildman–Crippen LogP) is 0.904. The number of rotatable bonds is 3. The summed E-state index contributed by atoms with van der Waals surface area (Å²) in [5, 5.41) is 20.5. The van der Waals surface area contributed by atoms with Crippen LogP contribution in [0, 0.1) is 6.92 Å². The van der Waals surface area contributed by atoms with Crippen LogP contribution in [0.25, 0.3) is 0 Å². The lowest BCUT2D eigenvalue weighted by atomic mass is 10.1. The molecule has 0 spiro atoms. The third kappa shape index (κ3) is 2.50. The molecule has 5 nitrogen and oxygen atoms in total. The molecule has 1 atom stereocenters. The van der Waals surface area contributed by atoms with Crippen LogP contribution in [0.4, 0.5) is 0 Å². The quantitative estimate of drug-likeness (QED) is 0.710. The number of benzene rings is 1. The van der Waals surface area contributed by atoms with E-state index in [9.17, 15) is 14.7 Å². The molecule has 0 heterocycles. The topological polar surface area (TPSA) is 86.6 Å². The van der Waals surface area contributed by atoms with Gasteiger partial charge in [0.25, 0.3) is 5.91 Å². The fourth-order valence-electron chi connectivity index (χ4n) is 1.18. The first-order valence-corrected chi connectivity index (χ1v) is 4.75. The van der Waals surface area contributed by atoms with Gasteiger partial charge in [0.15, 0.2) is 0 Å². The Morgan fingerprint density at radius 3 is 2.56 bits per heavy atom. The minimum absolute atomic E-state index is 0.0769. The van der Waals surface area contributed by atoms with Crippen molar-refractivity contribution >= 4 is 11.9 Å². The second-order valence-corrected chi connectivity index (χ2v) is 3.50. The van der Waals surface area contributed by atoms with Crippen molar-refractivity contribution in [3.63, 3.8) is 0 Å². The van der Waals surface area contributed by atoms with Crippen molar-refractivity contribution < 1.29 is 19.8 Å². The van der Waals surface area contributed by atoms with Gasteiger partial charge >= 0.3 is 5.97 Å². The monoisotopic (exact) mass is 223 g/mol. The van der Waals surface area contributed by atoms with Gasteiger partial charge in [0.2, 0.25) is 0 Å². The zero-order valence-corrected chi connectivity index (χ0v) is 9.02. The van der Waals surface area contributed by atoms with Gasteiger partial charge in [0.05, 0.1) is 5.56 Å². The molecule has 86 valence electrons. The van der Waals surface area contributed by atoms with Gasteiger partial charge in [-0.1, -0.05) is 12.1 Å². The maximum absolute atomic E-state index is 11.6. The van der Waals surface area contributed by atoms with E-state index in [-0.39, 0.29) is 11.3 Å². The van der Waals surface area contributed by atoms with Crippen LogP contribution in [-0.4, -0.2) is 28.1 Å². The van der Waals surface area contributed by atoms with E-state index in [1.54, 1.807) is 19.1 Å². The van der Waals surface area contributed by atoms with E-state index in [4.69, 9.17) is 5.11 Å². The van der Waals surface area contributed by atoms with Crippen LogP contribution in [0.15, 0.2) is 18.2 Å². The number of nitrogens with one attached hydrogen (secondary N) is 1. The molecule has 1 amide bonds. The number of carboxylic acid groups (broad SMARTS) is 1. The van der Waals surface area contributed by atoms with Crippen LogP contribution in [0.2, 0.25) is 0 Å². The first-order valence-electron chi connectivity index (χ1n) is 4.75. The van der Waals surface area contributed by atoms with Crippen molar-refractivity contribution in [3.8, 4) is 5.75 Å². The molecule has 0 unspecified atom stereocenters. The summed E-state index contributed by atoms with van der Waals surface area (Å²) in [5.41, 5.74) is 0.642. The highest BCUT2D eigenvalue weighted by molar-refractivity contribution is 5.99. The second kappa shape index (κ2) is 4.65. The number of amides is 1. The van der Waals surface area contributed by atoms with Gasteiger partial charge in [0, 0.05) is 0 Å². The largest absolute Gasteiger partial charge is 0.507 e. The molecule has 5 heteroatoms. The van der Waals surface area contributed by atoms with Crippen LogP contribution in [0.3, 0.4) is 0 Å². The number of aryl methyl sites for hydroxylation is 1. The SMILES string of the molecule is Cc1cccc(C(=O)N[C@H](C)C(=O)O)c1O. The average Bonchev–Trinajstić information content (AvgIpc) is 2.21. The summed E-state index contributed by atoms with van der Waals surface area (Å²) in [5.74, 6) is -1.85. The molecule has 3 N–H and O–H groups in total. The number of carbonyl (C=O) groups excluding carboxylic acids is 1. The molecule has 1 aromatic rings.